The number of anilines is 1. The monoisotopic (exact) mass is 666 g/mol. The van der Waals surface area contributed by atoms with Crippen LogP contribution in [0.4, 0.5) is 5.69 Å². The van der Waals surface area contributed by atoms with Crippen molar-refractivity contribution in [3.8, 4) is 17.6 Å². The van der Waals surface area contributed by atoms with Crippen LogP contribution in [0.3, 0.4) is 0 Å². The number of hydrogen-bond donors (Lipinski definition) is 1. The number of nitrogens with zero attached hydrogens (tertiary/aromatic N) is 1. The van der Waals surface area contributed by atoms with E-state index in [2.05, 4.69) is 59.8 Å². The lowest BCUT2D eigenvalue weighted by Gasteiger charge is -2.12. The fraction of sp³-hybridized carbons (Fsp3) is 0.0833. The zero-order chi connectivity index (χ0) is 23.1. The van der Waals surface area contributed by atoms with Crippen LogP contribution in [0.15, 0.2) is 75.2 Å². The van der Waals surface area contributed by atoms with Crippen molar-refractivity contribution in [2.24, 2.45) is 0 Å². The first-order valence-corrected chi connectivity index (χ1v) is 12.0. The summed E-state index contributed by atoms with van der Waals surface area (Å²) in [5.41, 5.74) is 2.32. The topological polar surface area (TPSA) is 71.3 Å². The molecular weight excluding hydrogens is 651 g/mol. The lowest BCUT2D eigenvalue weighted by atomic mass is 10.1. The van der Waals surface area contributed by atoms with E-state index in [-0.39, 0.29) is 5.57 Å². The molecule has 8 heteroatoms. The third-order valence-electron chi connectivity index (χ3n) is 4.34. The lowest BCUT2D eigenvalue weighted by Crippen LogP contribution is -2.13. The van der Waals surface area contributed by atoms with Crippen LogP contribution in [0, 0.1) is 14.9 Å². The van der Waals surface area contributed by atoms with Crippen LogP contribution in [0.1, 0.15) is 11.1 Å². The molecule has 0 atom stereocenters. The van der Waals surface area contributed by atoms with Crippen LogP contribution in [0.5, 0.6) is 11.5 Å². The number of carbonyl (C=O) groups is 1. The molecule has 1 N–H and O–H groups in total. The molecule has 5 nitrogen and oxygen atoms in total. The number of hydrogen-bond acceptors (Lipinski definition) is 4. The van der Waals surface area contributed by atoms with E-state index in [9.17, 15) is 10.1 Å². The van der Waals surface area contributed by atoms with Crippen LogP contribution in [-0.2, 0) is 11.4 Å². The molecule has 0 radical (unpaired) electrons. The van der Waals surface area contributed by atoms with Crippen molar-refractivity contribution in [1.82, 2.24) is 0 Å². The molecule has 0 aliphatic rings. The van der Waals surface area contributed by atoms with Gasteiger partial charge in [0.25, 0.3) is 5.91 Å². The fourth-order valence-corrected chi connectivity index (χ4v) is 4.76. The molecular formula is C24H17Br2IN2O3. The van der Waals surface area contributed by atoms with Crippen molar-refractivity contribution in [2.75, 3.05) is 12.4 Å². The predicted molar refractivity (Wildman–Crippen MR) is 141 cm³/mol. The number of halogens is 3. The quantitative estimate of drug-likeness (QED) is 0.168. The van der Waals surface area contributed by atoms with Gasteiger partial charge in [0.05, 0.1) is 15.2 Å². The maximum Gasteiger partial charge on any atom is 0.266 e. The maximum atomic E-state index is 12.5. The highest BCUT2D eigenvalue weighted by Crippen LogP contribution is 2.33. The standard InChI is InChI=1S/C24H17Br2IN2O3/c1-31-20-8-6-19(7-9-20)29-24(30)17(13-28)10-16-11-21(26)23(22(27)12-16)32-14-15-2-4-18(25)5-3-15/h2-12H,14H2,1H3,(H,29,30)/b17-10-. The SMILES string of the molecule is COc1ccc(NC(=O)/C(C#N)=C\c2cc(Br)c(OCc3ccc(Br)cc3)c(I)c2)cc1. The number of nitriles is 1. The van der Waals surface area contributed by atoms with Crippen LogP contribution >= 0.6 is 54.5 Å². The van der Waals surface area contributed by atoms with Crippen LogP contribution in [0.2, 0.25) is 0 Å². The Bertz CT molecular complexity index is 1160. The van der Waals surface area contributed by atoms with Crippen LogP contribution < -0.4 is 14.8 Å². The van der Waals surface area contributed by atoms with Gasteiger partial charge in [0.2, 0.25) is 0 Å². The highest BCUT2D eigenvalue weighted by atomic mass is 127. The summed E-state index contributed by atoms with van der Waals surface area (Å²) < 4.78 is 13.7. The number of benzene rings is 3. The van der Waals surface area contributed by atoms with E-state index < -0.39 is 5.91 Å². The molecule has 0 aromatic heterocycles. The van der Waals surface area contributed by atoms with E-state index in [1.165, 1.54) is 0 Å². The summed E-state index contributed by atoms with van der Waals surface area (Å²) in [6.07, 6.45) is 1.55. The first-order chi connectivity index (χ1) is 15.4. The third-order valence-corrected chi connectivity index (χ3v) is 6.26. The van der Waals surface area contributed by atoms with Gasteiger partial charge >= 0.3 is 0 Å². The minimum atomic E-state index is -0.487. The molecule has 1 amide bonds. The first kappa shape index (κ1) is 24.3. The van der Waals surface area contributed by atoms with Gasteiger partial charge in [-0.25, -0.2) is 0 Å². The lowest BCUT2D eigenvalue weighted by molar-refractivity contribution is -0.112. The largest absolute Gasteiger partial charge is 0.497 e. The molecule has 0 spiro atoms. The Labute approximate surface area is 216 Å². The van der Waals surface area contributed by atoms with E-state index >= 15 is 0 Å². The van der Waals surface area contributed by atoms with Gasteiger partial charge in [0, 0.05) is 10.2 Å². The smallest absolute Gasteiger partial charge is 0.266 e. The normalized spacial score (nSPS) is 10.9. The van der Waals surface area contributed by atoms with Gasteiger partial charge in [-0.3, -0.25) is 4.79 Å². The summed E-state index contributed by atoms with van der Waals surface area (Å²) >= 11 is 9.13. The van der Waals surface area contributed by atoms with Gasteiger partial charge in [-0.05, 0) is 104 Å². The zero-order valence-corrected chi connectivity index (χ0v) is 22.2. The zero-order valence-electron chi connectivity index (χ0n) is 16.9. The number of nitrogens with one attached hydrogen (secondary N) is 1. The van der Waals surface area contributed by atoms with Crippen LogP contribution in [0.25, 0.3) is 6.08 Å². The molecule has 0 unspecified atom stereocenters. The highest BCUT2D eigenvalue weighted by Gasteiger charge is 2.13. The minimum absolute atomic E-state index is 0.00736. The molecule has 3 aromatic carbocycles. The van der Waals surface area contributed by atoms with Gasteiger partial charge in [0.15, 0.2) is 0 Å². The number of carbonyl (C=O) groups excluding carboxylic acids is 1. The summed E-state index contributed by atoms with van der Waals surface area (Å²) in [5, 5.41) is 12.2. The average molecular weight is 668 g/mol. The first-order valence-electron chi connectivity index (χ1n) is 9.33. The Kier molecular flexibility index (Phi) is 8.73. The van der Waals surface area contributed by atoms with Gasteiger partial charge in [-0.15, -0.1) is 0 Å². The highest BCUT2D eigenvalue weighted by molar-refractivity contribution is 14.1. The Hall–Kier alpha value is -2.35. The molecule has 0 aliphatic heterocycles. The van der Waals surface area contributed by atoms with Crippen molar-refractivity contribution < 1.29 is 14.3 Å². The predicted octanol–water partition coefficient (Wildman–Crippen LogP) is 6.95. The fourth-order valence-electron chi connectivity index (χ4n) is 2.72. The molecule has 0 heterocycles. The number of methoxy groups -OCH3 is 1. The number of rotatable bonds is 7. The van der Waals surface area contributed by atoms with Gasteiger partial charge < -0.3 is 14.8 Å². The molecule has 0 saturated carbocycles. The van der Waals surface area contributed by atoms with E-state index in [1.54, 1.807) is 37.5 Å². The molecule has 3 aromatic rings. The Balaban J connectivity index is 1.74. The van der Waals surface area contributed by atoms with Gasteiger partial charge in [-0.2, -0.15) is 5.26 Å². The minimum Gasteiger partial charge on any atom is -0.497 e. The Morgan fingerprint density at radius 3 is 2.41 bits per heavy atom. The molecule has 0 fully saturated rings. The molecule has 32 heavy (non-hydrogen) atoms. The number of amides is 1. The second kappa shape index (κ2) is 11.5. The molecule has 162 valence electrons. The van der Waals surface area contributed by atoms with Gasteiger partial charge in [0.1, 0.15) is 29.7 Å². The van der Waals surface area contributed by atoms with Crippen molar-refractivity contribution in [2.45, 2.75) is 6.61 Å². The Morgan fingerprint density at radius 2 is 1.81 bits per heavy atom. The van der Waals surface area contributed by atoms with E-state index in [1.807, 2.05) is 42.5 Å². The average Bonchev–Trinajstić information content (AvgIpc) is 2.78. The van der Waals surface area contributed by atoms with Crippen molar-refractivity contribution in [1.29, 1.82) is 5.26 Å². The van der Waals surface area contributed by atoms with Crippen molar-refractivity contribution in [3.63, 3.8) is 0 Å². The van der Waals surface area contributed by atoms with Crippen molar-refractivity contribution in [3.05, 3.63) is 89.9 Å². The molecule has 0 aliphatic carbocycles. The second-order valence-electron chi connectivity index (χ2n) is 6.58. The van der Waals surface area contributed by atoms with Crippen LogP contribution in [-0.4, -0.2) is 13.0 Å². The summed E-state index contributed by atoms with van der Waals surface area (Å²) in [5.74, 6) is 0.895. The third kappa shape index (κ3) is 6.58. The summed E-state index contributed by atoms with van der Waals surface area (Å²) in [7, 11) is 1.57. The Morgan fingerprint density at radius 1 is 1.12 bits per heavy atom. The van der Waals surface area contributed by atoms with E-state index in [4.69, 9.17) is 9.47 Å². The van der Waals surface area contributed by atoms with E-state index in [0.29, 0.717) is 29.4 Å². The van der Waals surface area contributed by atoms with E-state index in [0.717, 1.165) is 18.1 Å². The molecule has 0 saturated heterocycles. The molecule has 3 rings (SSSR count). The maximum absolute atomic E-state index is 12.5. The summed E-state index contributed by atoms with van der Waals surface area (Å²) in [6, 6.07) is 20.4. The van der Waals surface area contributed by atoms with Crippen molar-refractivity contribution >= 4 is 72.1 Å². The molecule has 0 bridgehead atoms. The summed E-state index contributed by atoms with van der Waals surface area (Å²) in [6.45, 7) is 0.421. The summed E-state index contributed by atoms with van der Waals surface area (Å²) in [4.78, 5) is 12.5. The van der Waals surface area contributed by atoms with Gasteiger partial charge in [-0.1, -0.05) is 28.1 Å². The second-order valence-corrected chi connectivity index (χ2v) is 9.51. The number of ether oxygens (including phenoxy) is 2.